The monoisotopic (exact) mass is 360 g/mol. The first kappa shape index (κ1) is 16.7. The summed E-state index contributed by atoms with van der Waals surface area (Å²) >= 11 is 0. The van der Waals surface area contributed by atoms with Gasteiger partial charge in [0.15, 0.2) is 0 Å². The highest BCUT2D eigenvalue weighted by Gasteiger charge is 2.19. The molecule has 1 unspecified atom stereocenters. The van der Waals surface area contributed by atoms with E-state index in [4.69, 9.17) is 0 Å². The second-order valence-electron chi connectivity index (χ2n) is 7.09. The van der Waals surface area contributed by atoms with Gasteiger partial charge in [0.05, 0.1) is 0 Å². The molecule has 0 aliphatic carbocycles. The molecular formula is C27H20O. The van der Waals surface area contributed by atoms with Gasteiger partial charge in [-0.05, 0) is 43.8 Å². The fraction of sp³-hybridized carbons (Fsp3) is 0.0370. The average Bonchev–Trinajstić information content (AvgIpc) is 2.78. The van der Waals surface area contributed by atoms with E-state index in [2.05, 4.69) is 78.9 Å². The van der Waals surface area contributed by atoms with Crippen molar-refractivity contribution in [3.05, 3.63) is 120 Å². The molecule has 0 aliphatic heterocycles. The molecule has 1 nitrogen and oxygen atoms in total. The van der Waals surface area contributed by atoms with Gasteiger partial charge in [-0.25, -0.2) is 0 Å². The maximum atomic E-state index is 11.3. The van der Waals surface area contributed by atoms with Crippen LogP contribution in [0.4, 0.5) is 0 Å². The van der Waals surface area contributed by atoms with Crippen molar-refractivity contribution >= 4 is 21.5 Å². The van der Waals surface area contributed by atoms with E-state index >= 15 is 0 Å². The molecule has 5 aromatic rings. The second kappa shape index (κ2) is 6.95. The molecule has 1 N–H and O–H groups in total. The normalized spacial score (nSPS) is 12.3. The molecule has 0 saturated heterocycles. The largest absolute Gasteiger partial charge is 0.384 e. The summed E-state index contributed by atoms with van der Waals surface area (Å²) in [6.07, 6.45) is -0.681. The Morgan fingerprint density at radius 2 is 1.11 bits per heavy atom. The molecule has 5 aromatic carbocycles. The smallest absolute Gasteiger partial charge is 0.105 e. The minimum Gasteiger partial charge on any atom is -0.384 e. The lowest BCUT2D eigenvalue weighted by Gasteiger charge is -2.20. The Morgan fingerprint density at radius 3 is 1.89 bits per heavy atom. The topological polar surface area (TPSA) is 20.2 Å². The van der Waals surface area contributed by atoms with Crippen molar-refractivity contribution in [3.8, 4) is 11.1 Å². The van der Waals surface area contributed by atoms with Gasteiger partial charge in [0.1, 0.15) is 6.10 Å². The zero-order chi connectivity index (χ0) is 18.9. The van der Waals surface area contributed by atoms with Crippen LogP contribution in [0.3, 0.4) is 0 Å². The highest BCUT2D eigenvalue weighted by molar-refractivity contribution is 6.06. The standard InChI is InChI=1S/C27H20O/c28-27(21-11-2-1-3-12-21)25-18-17-20-10-5-7-15-23(20)26(25)24-16-8-13-19-9-4-6-14-22(19)24/h1-18,27-28H. The summed E-state index contributed by atoms with van der Waals surface area (Å²) in [7, 11) is 0. The van der Waals surface area contributed by atoms with E-state index in [0.29, 0.717) is 0 Å². The van der Waals surface area contributed by atoms with Gasteiger partial charge in [-0.2, -0.15) is 0 Å². The highest BCUT2D eigenvalue weighted by Crippen LogP contribution is 2.40. The molecule has 0 bridgehead atoms. The Morgan fingerprint density at radius 1 is 0.500 bits per heavy atom. The van der Waals surface area contributed by atoms with E-state index in [-0.39, 0.29) is 0 Å². The summed E-state index contributed by atoms with van der Waals surface area (Å²) in [4.78, 5) is 0. The van der Waals surface area contributed by atoms with E-state index in [9.17, 15) is 5.11 Å². The molecule has 134 valence electrons. The summed E-state index contributed by atoms with van der Waals surface area (Å²) in [6, 6.07) is 37.3. The lowest BCUT2D eigenvalue weighted by Crippen LogP contribution is -2.02. The van der Waals surface area contributed by atoms with Gasteiger partial charge in [-0.15, -0.1) is 0 Å². The highest BCUT2D eigenvalue weighted by atomic mass is 16.3. The van der Waals surface area contributed by atoms with Crippen LogP contribution in [0.15, 0.2) is 109 Å². The van der Waals surface area contributed by atoms with Crippen molar-refractivity contribution in [2.24, 2.45) is 0 Å². The molecule has 0 fully saturated rings. The van der Waals surface area contributed by atoms with Gasteiger partial charge in [0.25, 0.3) is 0 Å². The fourth-order valence-electron chi connectivity index (χ4n) is 4.08. The van der Waals surface area contributed by atoms with Crippen LogP contribution in [0, 0.1) is 0 Å². The molecule has 0 amide bonds. The van der Waals surface area contributed by atoms with Crippen LogP contribution >= 0.6 is 0 Å². The summed E-state index contributed by atoms with van der Waals surface area (Å²) in [5.74, 6) is 0. The first-order valence-corrected chi connectivity index (χ1v) is 9.56. The first-order valence-electron chi connectivity index (χ1n) is 9.56. The Labute approximate surface area is 164 Å². The summed E-state index contributed by atoms with van der Waals surface area (Å²) in [6.45, 7) is 0. The second-order valence-corrected chi connectivity index (χ2v) is 7.09. The summed E-state index contributed by atoms with van der Waals surface area (Å²) in [5.41, 5.74) is 4.09. The van der Waals surface area contributed by atoms with Crippen LogP contribution in [0.25, 0.3) is 32.7 Å². The Hall–Kier alpha value is -3.42. The molecule has 5 rings (SSSR count). The zero-order valence-corrected chi connectivity index (χ0v) is 15.4. The number of hydrogen-bond donors (Lipinski definition) is 1. The van der Waals surface area contributed by atoms with E-state index < -0.39 is 6.10 Å². The van der Waals surface area contributed by atoms with Gasteiger partial charge >= 0.3 is 0 Å². The molecule has 0 aliphatic rings. The van der Waals surface area contributed by atoms with Crippen LogP contribution in [0.2, 0.25) is 0 Å². The van der Waals surface area contributed by atoms with E-state index in [1.165, 1.54) is 16.2 Å². The van der Waals surface area contributed by atoms with Crippen LogP contribution in [0.5, 0.6) is 0 Å². The molecule has 1 heteroatoms. The van der Waals surface area contributed by atoms with Crippen molar-refractivity contribution in [1.82, 2.24) is 0 Å². The predicted octanol–water partition coefficient (Wildman–Crippen LogP) is 6.74. The third kappa shape index (κ3) is 2.77. The van der Waals surface area contributed by atoms with Gasteiger partial charge in [-0.3, -0.25) is 0 Å². The van der Waals surface area contributed by atoms with Crippen molar-refractivity contribution in [2.45, 2.75) is 6.10 Å². The molecule has 0 spiro atoms. The number of aliphatic hydroxyl groups is 1. The van der Waals surface area contributed by atoms with Crippen molar-refractivity contribution in [1.29, 1.82) is 0 Å². The van der Waals surface area contributed by atoms with Gasteiger partial charge in [0, 0.05) is 0 Å². The molecule has 0 saturated carbocycles. The summed E-state index contributed by atoms with van der Waals surface area (Å²) < 4.78 is 0. The van der Waals surface area contributed by atoms with Crippen molar-refractivity contribution < 1.29 is 5.11 Å². The third-order valence-corrected chi connectivity index (χ3v) is 5.43. The number of benzene rings is 5. The lowest BCUT2D eigenvalue weighted by molar-refractivity contribution is 0.221. The minimum atomic E-state index is -0.681. The fourth-order valence-corrected chi connectivity index (χ4v) is 4.08. The maximum absolute atomic E-state index is 11.3. The average molecular weight is 360 g/mol. The molecule has 0 radical (unpaired) electrons. The zero-order valence-electron chi connectivity index (χ0n) is 15.4. The number of fused-ring (bicyclic) bond motifs is 2. The molecule has 1 atom stereocenters. The Bertz CT molecular complexity index is 1270. The van der Waals surface area contributed by atoms with Crippen LogP contribution in [0.1, 0.15) is 17.2 Å². The molecule has 0 aromatic heterocycles. The number of aliphatic hydroxyl groups excluding tert-OH is 1. The SMILES string of the molecule is OC(c1ccccc1)c1ccc2ccccc2c1-c1cccc2ccccc12. The van der Waals surface area contributed by atoms with Gasteiger partial charge in [-0.1, -0.05) is 109 Å². The van der Waals surface area contributed by atoms with Crippen LogP contribution in [-0.4, -0.2) is 5.11 Å². The van der Waals surface area contributed by atoms with E-state index in [0.717, 1.165) is 27.6 Å². The third-order valence-electron chi connectivity index (χ3n) is 5.43. The number of rotatable bonds is 3. The molecule has 28 heavy (non-hydrogen) atoms. The number of hydrogen-bond acceptors (Lipinski definition) is 1. The van der Waals surface area contributed by atoms with Crippen LogP contribution < -0.4 is 0 Å². The molecule has 0 heterocycles. The first-order chi connectivity index (χ1) is 13.8. The van der Waals surface area contributed by atoms with E-state index in [1.807, 2.05) is 30.3 Å². The van der Waals surface area contributed by atoms with Crippen molar-refractivity contribution in [3.63, 3.8) is 0 Å². The minimum absolute atomic E-state index is 0.681. The maximum Gasteiger partial charge on any atom is 0.105 e. The Balaban J connectivity index is 1.86. The van der Waals surface area contributed by atoms with E-state index in [1.54, 1.807) is 0 Å². The quantitative estimate of drug-likeness (QED) is 0.378. The van der Waals surface area contributed by atoms with Gasteiger partial charge < -0.3 is 5.11 Å². The Kier molecular flexibility index (Phi) is 4.16. The van der Waals surface area contributed by atoms with Gasteiger partial charge in [0.2, 0.25) is 0 Å². The summed E-state index contributed by atoms with van der Waals surface area (Å²) in [5, 5.41) is 16.0. The predicted molar refractivity (Wildman–Crippen MR) is 117 cm³/mol. The molecular weight excluding hydrogens is 340 g/mol. The van der Waals surface area contributed by atoms with Crippen molar-refractivity contribution in [2.75, 3.05) is 0 Å². The lowest BCUT2D eigenvalue weighted by atomic mass is 9.86. The van der Waals surface area contributed by atoms with Crippen LogP contribution in [-0.2, 0) is 0 Å².